The summed E-state index contributed by atoms with van der Waals surface area (Å²) in [5, 5.41) is 14.5. The third-order valence-electron chi connectivity index (χ3n) is 4.12. The van der Waals surface area contributed by atoms with Crippen LogP contribution in [0, 0.1) is 0 Å². The van der Waals surface area contributed by atoms with Gasteiger partial charge in [-0.25, -0.2) is 0 Å². The van der Waals surface area contributed by atoms with E-state index < -0.39 is 0 Å². The lowest BCUT2D eigenvalue weighted by molar-refractivity contribution is -0.115. The summed E-state index contributed by atoms with van der Waals surface area (Å²) in [4.78, 5) is 14.8. The van der Waals surface area contributed by atoms with E-state index in [4.69, 9.17) is 0 Å². The van der Waals surface area contributed by atoms with E-state index in [-0.39, 0.29) is 11.2 Å². The third kappa shape index (κ3) is 4.85. The fourth-order valence-electron chi connectivity index (χ4n) is 2.71. The van der Waals surface area contributed by atoms with Crippen molar-refractivity contribution in [2.75, 3.05) is 35.7 Å². The zero-order valence-corrected chi connectivity index (χ0v) is 16.1. The van der Waals surface area contributed by atoms with Gasteiger partial charge >= 0.3 is 0 Å². The molecule has 134 valence electrons. The number of amides is 1. The maximum Gasteiger partial charge on any atom is 0.237 e. The van der Waals surface area contributed by atoms with Gasteiger partial charge in [0.05, 0.1) is 5.25 Å². The standard InChI is InChI=1S/C17H23N5OS2/c1-12(24-17-21-20-16(18-2)25-17)15(23)19-13-6-8-14(9-7-13)22-10-4-3-5-11-22/h6-9,12H,3-5,10-11H2,1-2H3,(H,18,20)(H,19,23)/t12-/m0/s1. The Kier molecular flexibility index (Phi) is 6.14. The molecule has 0 spiro atoms. The number of anilines is 3. The minimum absolute atomic E-state index is 0.0306. The molecule has 0 aliphatic carbocycles. The summed E-state index contributed by atoms with van der Waals surface area (Å²) < 4.78 is 0.785. The Morgan fingerprint density at radius 3 is 2.56 bits per heavy atom. The molecule has 0 bridgehead atoms. The second-order valence-corrected chi connectivity index (χ2v) is 8.53. The number of carbonyl (C=O) groups excluding carboxylic acids is 1. The monoisotopic (exact) mass is 377 g/mol. The summed E-state index contributed by atoms with van der Waals surface area (Å²) in [6.07, 6.45) is 3.84. The van der Waals surface area contributed by atoms with E-state index in [1.54, 1.807) is 7.05 Å². The fraction of sp³-hybridized carbons (Fsp3) is 0.471. The SMILES string of the molecule is CNc1nnc(S[C@@H](C)C(=O)Nc2ccc(N3CCCCC3)cc2)s1. The number of nitrogens with one attached hydrogen (secondary N) is 2. The van der Waals surface area contributed by atoms with Crippen molar-refractivity contribution in [1.29, 1.82) is 0 Å². The van der Waals surface area contributed by atoms with Crippen LogP contribution in [0.2, 0.25) is 0 Å². The zero-order valence-electron chi connectivity index (χ0n) is 14.5. The number of benzene rings is 1. The number of hydrogen-bond donors (Lipinski definition) is 2. The van der Waals surface area contributed by atoms with Gasteiger partial charge in [-0.3, -0.25) is 4.79 Å². The van der Waals surface area contributed by atoms with Crippen LogP contribution >= 0.6 is 23.1 Å². The zero-order chi connectivity index (χ0) is 17.6. The molecule has 0 unspecified atom stereocenters. The van der Waals surface area contributed by atoms with E-state index in [1.807, 2.05) is 19.1 Å². The van der Waals surface area contributed by atoms with Gasteiger partial charge in [-0.1, -0.05) is 23.1 Å². The molecule has 1 aliphatic rings. The van der Waals surface area contributed by atoms with Gasteiger partial charge in [0.25, 0.3) is 0 Å². The van der Waals surface area contributed by atoms with E-state index >= 15 is 0 Å². The number of aromatic nitrogens is 2. The normalized spacial score (nSPS) is 15.7. The predicted molar refractivity (Wildman–Crippen MR) is 106 cm³/mol. The van der Waals surface area contributed by atoms with Gasteiger partial charge in [0.15, 0.2) is 4.34 Å². The largest absolute Gasteiger partial charge is 0.372 e. The van der Waals surface area contributed by atoms with E-state index in [1.165, 1.54) is 48.0 Å². The van der Waals surface area contributed by atoms with Crippen molar-refractivity contribution in [3.63, 3.8) is 0 Å². The molecular weight excluding hydrogens is 354 g/mol. The van der Waals surface area contributed by atoms with Crippen molar-refractivity contribution in [3.05, 3.63) is 24.3 Å². The molecule has 2 heterocycles. The van der Waals surface area contributed by atoms with Crippen molar-refractivity contribution in [3.8, 4) is 0 Å². The van der Waals surface area contributed by atoms with Crippen LogP contribution in [-0.4, -0.2) is 41.5 Å². The minimum atomic E-state index is -0.237. The number of nitrogens with zero attached hydrogens (tertiary/aromatic N) is 3. The Bertz CT molecular complexity index is 697. The first kappa shape index (κ1) is 18.0. The summed E-state index contributed by atoms with van der Waals surface area (Å²) in [5.41, 5.74) is 2.06. The van der Waals surface area contributed by atoms with Crippen LogP contribution in [0.25, 0.3) is 0 Å². The highest BCUT2D eigenvalue weighted by molar-refractivity contribution is 8.02. The van der Waals surface area contributed by atoms with Crippen LogP contribution in [0.1, 0.15) is 26.2 Å². The molecule has 1 aliphatic heterocycles. The Morgan fingerprint density at radius 2 is 1.92 bits per heavy atom. The van der Waals surface area contributed by atoms with Gasteiger partial charge in [-0.2, -0.15) is 0 Å². The highest BCUT2D eigenvalue weighted by Gasteiger charge is 2.17. The van der Waals surface area contributed by atoms with Gasteiger partial charge in [0.2, 0.25) is 11.0 Å². The summed E-state index contributed by atoms with van der Waals surface area (Å²) >= 11 is 2.86. The van der Waals surface area contributed by atoms with E-state index in [2.05, 4.69) is 37.9 Å². The average Bonchev–Trinajstić information content (AvgIpc) is 3.10. The molecule has 1 amide bonds. The topological polar surface area (TPSA) is 70.1 Å². The summed E-state index contributed by atoms with van der Waals surface area (Å²) in [6.45, 7) is 4.12. The van der Waals surface area contributed by atoms with Crippen molar-refractivity contribution >= 4 is 45.5 Å². The van der Waals surface area contributed by atoms with Crippen LogP contribution in [0.4, 0.5) is 16.5 Å². The number of rotatable bonds is 6. The lowest BCUT2D eigenvalue weighted by atomic mass is 10.1. The maximum atomic E-state index is 12.4. The van der Waals surface area contributed by atoms with E-state index in [9.17, 15) is 4.79 Å². The average molecular weight is 378 g/mol. The molecule has 1 atom stereocenters. The Morgan fingerprint density at radius 1 is 1.20 bits per heavy atom. The summed E-state index contributed by atoms with van der Waals surface area (Å²) in [7, 11) is 1.80. The number of thioether (sulfide) groups is 1. The van der Waals surface area contributed by atoms with Gasteiger partial charge in [0.1, 0.15) is 0 Å². The van der Waals surface area contributed by atoms with Gasteiger partial charge < -0.3 is 15.5 Å². The van der Waals surface area contributed by atoms with Gasteiger partial charge in [0, 0.05) is 31.5 Å². The molecule has 8 heteroatoms. The fourth-order valence-corrected chi connectivity index (χ4v) is 4.56. The lowest BCUT2D eigenvalue weighted by Crippen LogP contribution is -2.29. The van der Waals surface area contributed by atoms with Crippen LogP contribution < -0.4 is 15.5 Å². The maximum absolute atomic E-state index is 12.4. The molecule has 2 aromatic rings. The first-order valence-electron chi connectivity index (χ1n) is 8.49. The van der Waals surface area contributed by atoms with E-state index in [0.717, 1.165) is 28.2 Å². The van der Waals surface area contributed by atoms with Crippen LogP contribution in [0.5, 0.6) is 0 Å². The van der Waals surface area contributed by atoms with Crippen molar-refractivity contribution in [2.24, 2.45) is 0 Å². The number of hydrogen-bond acceptors (Lipinski definition) is 7. The smallest absolute Gasteiger partial charge is 0.237 e. The number of carbonyl (C=O) groups is 1. The molecule has 1 aromatic carbocycles. The summed E-state index contributed by atoms with van der Waals surface area (Å²) in [5.74, 6) is -0.0306. The molecular formula is C17H23N5OS2. The Hall–Kier alpha value is -1.80. The second-order valence-electron chi connectivity index (χ2n) is 5.97. The van der Waals surface area contributed by atoms with Crippen molar-refractivity contribution in [2.45, 2.75) is 35.8 Å². The van der Waals surface area contributed by atoms with Gasteiger partial charge in [-0.05, 0) is 50.5 Å². The molecule has 25 heavy (non-hydrogen) atoms. The lowest BCUT2D eigenvalue weighted by Gasteiger charge is -2.28. The molecule has 1 saturated heterocycles. The van der Waals surface area contributed by atoms with Crippen molar-refractivity contribution < 1.29 is 4.79 Å². The molecule has 0 saturated carbocycles. The van der Waals surface area contributed by atoms with Gasteiger partial charge in [-0.15, -0.1) is 10.2 Å². The molecule has 1 fully saturated rings. The van der Waals surface area contributed by atoms with E-state index in [0.29, 0.717) is 0 Å². The second kappa shape index (κ2) is 8.53. The first-order valence-corrected chi connectivity index (χ1v) is 10.2. The molecule has 0 radical (unpaired) electrons. The predicted octanol–water partition coefficient (Wildman–Crippen LogP) is 3.69. The highest BCUT2D eigenvalue weighted by Crippen LogP contribution is 2.29. The molecule has 6 nitrogen and oxygen atoms in total. The number of piperidine rings is 1. The minimum Gasteiger partial charge on any atom is -0.372 e. The van der Waals surface area contributed by atoms with Crippen LogP contribution in [0.3, 0.4) is 0 Å². The molecule has 3 rings (SSSR count). The molecule has 1 aromatic heterocycles. The first-order chi connectivity index (χ1) is 12.2. The highest BCUT2D eigenvalue weighted by atomic mass is 32.2. The van der Waals surface area contributed by atoms with Crippen molar-refractivity contribution in [1.82, 2.24) is 10.2 Å². The van der Waals surface area contributed by atoms with Crippen LogP contribution in [-0.2, 0) is 4.79 Å². The molecule has 2 N–H and O–H groups in total. The third-order valence-corrected chi connectivity index (χ3v) is 6.25. The Labute approximate surface area is 156 Å². The quantitative estimate of drug-likeness (QED) is 0.748. The Balaban J connectivity index is 1.54. The van der Waals surface area contributed by atoms with Crippen LogP contribution in [0.15, 0.2) is 28.6 Å². The summed E-state index contributed by atoms with van der Waals surface area (Å²) in [6, 6.07) is 8.12.